The average Bonchev–Trinajstić information content (AvgIpc) is 3.52. The summed E-state index contributed by atoms with van der Waals surface area (Å²) in [5.41, 5.74) is 0.905. The third-order valence-electron chi connectivity index (χ3n) is 6.47. The Kier molecular flexibility index (Phi) is 7.62. The van der Waals surface area contributed by atoms with E-state index in [2.05, 4.69) is 25.0 Å². The summed E-state index contributed by atoms with van der Waals surface area (Å²) in [6.07, 6.45) is -1.54. The highest BCUT2D eigenvalue weighted by Crippen LogP contribution is 2.42. The molecule has 0 saturated carbocycles. The summed E-state index contributed by atoms with van der Waals surface area (Å²) < 4.78 is 46.9. The van der Waals surface area contributed by atoms with Crippen LogP contribution in [0.15, 0.2) is 42.6 Å². The molecule has 5 rings (SSSR count). The Balaban J connectivity index is 1.56. The minimum absolute atomic E-state index is 0.0107. The third-order valence-corrected chi connectivity index (χ3v) is 7.84. The number of alkyl halides is 3. The van der Waals surface area contributed by atoms with Crippen LogP contribution in [0, 0.1) is 0 Å². The molecule has 0 amide bonds. The van der Waals surface area contributed by atoms with E-state index < -0.39 is 11.7 Å². The van der Waals surface area contributed by atoms with Crippen LogP contribution in [0.5, 0.6) is 5.88 Å². The number of ether oxygens (including phenoxy) is 1. The molecule has 2 aromatic carbocycles. The number of nitrogens with zero attached hydrogens (tertiary/aromatic N) is 4. The van der Waals surface area contributed by atoms with Gasteiger partial charge in [-0.05, 0) is 41.5 Å². The molecule has 1 fully saturated rings. The molecule has 1 aliphatic heterocycles. The molecule has 0 bridgehead atoms. The van der Waals surface area contributed by atoms with Crippen LogP contribution in [0.1, 0.15) is 21.6 Å². The standard InChI is InChI=1S/C26H25ClF3N5O2S/c1-37-11-10-34-6-8-35(9-7-34)25-32-24(36)23(38-25)20(16-3-5-22-18(12-16)15-31-33-22)13-17-2-4-19(27)14-21(17)26(28,29)30/h2-5,12-15,36H,6-11H2,1H3,(H,31,33). The number of nitrogens with one attached hydrogen (secondary N) is 1. The summed E-state index contributed by atoms with van der Waals surface area (Å²) in [7, 11) is 1.67. The van der Waals surface area contributed by atoms with Crippen LogP contribution in [0.2, 0.25) is 5.02 Å². The fraction of sp³-hybridized carbons (Fsp3) is 0.308. The van der Waals surface area contributed by atoms with Gasteiger partial charge < -0.3 is 14.7 Å². The van der Waals surface area contributed by atoms with Gasteiger partial charge in [-0.1, -0.05) is 35.1 Å². The van der Waals surface area contributed by atoms with E-state index in [0.717, 1.165) is 36.6 Å². The van der Waals surface area contributed by atoms with Crippen molar-refractivity contribution in [2.24, 2.45) is 0 Å². The first kappa shape index (κ1) is 26.5. The monoisotopic (exact) mass is 563 g/mol. The summed E-state index contributed by atoms with van der Waals surface area (Å²) in [4.78, 5) is 9.16. The number of H-pyrrole nitrogens is 1. The molecule has 0 atom stereocenters. The number of thiazole rings is 1. The van der Waals surface area contributed by atoms with Crippen molar-refractivity contribution in [2.75, 3.05) is 51.3 Å². The SMILES string of the molecule is COCCN1CCN(c2nc(O)c(C(=Cc3ccc(Cl)cc3C(F)(F)F)c3ccc4[nH]ncc4c3)s2)CC1. The Morgan fingerprint density at radius 2 is 1.97 bits per heavy atom. The second-order valence-electron chi connectivity index (χ2n) is 8.93. The van der Waals surface area contributed by atoms with Crippen LogP contribution < -0.4 is 4.90 Å². The number of aromatic amines is 1. The van der Waals surface area contributed by atoms with Gasteiger partial charge in [0.25, 0.3) is 0 Å². The molecule has 200 valence electrons. The van der Waals surface area contributed by atoms with Crippen molar-refractivity contribution in [3.05, 3.63) is 69.2 Å². The molecule has 0 radical (unpaired) electrons. The van der Waals surface area contributed by atoms with Crippen LogP contribution in [0.25, 0.3) is 22.6 Å². The molecule has 12 heteroatoms. The number of aromatic hydroxyl groups is 1. The fourth-order valence-corrected chi connectivity index (χ4v) is 5.66. The van der Waals surface area contributed by atoms with E-state index in [0.29, 0.717) is 40.8 Å². The first-order valence-corrected chi connectivity index (χ1v) is 13.1. The number of aromatic nitrogens is 3. The second kappa shape index (κ2) is 10.9. The van der Waals surface area contributed by atoms with Gasteiger partial charge in [0.2, 0.25) is 5.88 Å². The first-order valence-electron chi connectivity index (χ1n) is 11.9. The third kappa shape index (κ3) is 5.65. The van der Waals surface area contributed by atoms with Crippen molar-refractivity contribution in [1.29, 1.82) is 0 Å². The van der Waals surface area contributed by atoms with Crippen LogP contribution in [-0.4, -0.2) is 71.6 Å². The number of benzene rings is 2. The molecule has 1 aliphatic rings. The van der Waals surface area contributed by atoms with Crippen molar-refractivity contribution in [3.8, 4) is 5.88 Å². The minimum Gasteiger partial charge on any atom is -0.492 e. The predicted octanol–water partition coefficient (Wildman–Crippen LogP) is 5.75. The number of methoxy groups -OCH3 is 1. The zero-order valence-corrected chi connectivity index (χ0v) is 22.0. The fourth-order valence-electron chi connectivity index (χ4n) is 4.44. The average molecular weight is 564 g/mol. The molecule has 0 spiro atoms. The van der Waals surface area contributed by atoms with E-state index in [-0.39, 0.29) is 16.5 Å². The quantitative estimate of drug-likeness (QED) is 0.279. The lowest BCUT2D eigenvalue weighted by Gasteiger charge is -2.34. The van der Waals surface area contributed by atoms with Crippen LogP contribution in [0.4, 0.5) is 18.3 Å². The molecule has 2 N–H and O–H groups in total. The maximum atomic E-state index is 13.9. The summed E-state index contributed by atoms with van der Waals surface area (Å²) in [5.74, 6) is -0.229. The van der Waals surface area contributed by atoms with E-state index in [4.69, 9.17) is 16.3 Å². The maximum Gasteiger partial charge on any atom is 0.417 e. The number of anilines is 1. The number of hydrogen-bond acceptors (Lipinski definition) is 7. The highest BCUT2D eigenvalue weighted by molar-refractivity contribution is 7.17. The van der Waals surface area contributed by atoms with Gasteiger partial charge in [0.15, 0.2) is 5.13 Å². The van der Waals surface area contributed by atoms with Gasteiger partial charge >= 0.3 is 6.18 Å². The van der Waals surface area contributed by atoms with Gasteiger partial charge in [0.05, 0.1) is 23.9 Å². The van der Waals surface area contributed by atoms with Gasteiger partial charge in [-0.15, -0.1) is 0 Å². The largest absolute Gasteiger partial charge is 0.492 e. The minimum atomic E-state index is -4.61. The predicted molar refractivity (Wildman–Crippen MR) is 144 cm³/mol. The number of hydrogen-bond donors (Lipinski definition) is 2. The number of fused-ring (bicyclic) bond motifs is 1. The van der Waals surface area contributed by atoms with Gasteiger partial charge in [0.1, 0.15) is 4.88 Å². The lowest BCUT2D eigenvalue weighted by Crippen LogP contribution is -2.47. The molecule has 0 unspecified atom stereocenters. The molecule has 38 heavy (non-hydrogen) atoms. The van der Waals surface area contributed by atoms with Gasteiger partial charge in [-0.2, -0.15) is 23.3 Å². The van der Waals surface area contributed by atoms with Crippen molar-refractivity contribution in [2.45, 2.75) is 6.18 Å². The van der Waals surface area contributed by atoms with Gasteiger partial charge in [-0.3, -0.25) is 10.00 Å². The molecule has 3 heterocycles. The Labute approximate surface area is 226 Å². The Bertz CT molecular complexity index is 1460. The van der Waals surface area contributed by atoms with Crippen LogP contribution >= 0.6 is 22.9 Å². The van der Waals surface area contributed by atoms with Gasteiger partial charge in [-0.25, -0.2) is 0 Å². The number of piperazine rings is 1. The Morgan fingerprint density at radius 1 is 1.18 bits per heavy atom. The van der Waals surface area contributed by atoms with Crippen molar-refractivity contribution < 1.29 is 23.0 Å². The van der Waals surface area contributed by atoms with Crippen molar-refractivity contribution >= 4 is 50.6 Å². The molecule has 2 aromatic heterocycles. The van der Waals surface area contributed by atoms with Gasteiger partial charge in [0, 0.05) is 55.8 Å². The first-order chi connectivity index (χ1) is 18.2. The lowest BCUT2D eigenvalue weighted by atomic mass is 9.98. The zero-order valence-electron chi connectivity index (χ0n) is 20.4. The van der Waals surface area contributed by atoms with E-state index >= 15 is 0 Å². The van der Waals surface area contributed by atoms with Crippen LogP contribution in [0.3, 0.4) is 0 Å². The smallest absolute Gasteiger partial charge is 0.417 e. The van der Waals surface area contributed by atoms with Crippen molar-refractivity contribution in [1.82, 2.24) is 20.1 Å². The van der Waals surface area contributed by atoms with E-state index in [9.17, 15) is 18.3 Å². The molecule has 0 aliphatic carbocycles. The van der Waals surface area contributed by atoms with Crippen LogP contribution in [-0.2, 0) is 10.9 Å². The van der Waals surface area contributed by atoms with E-state index in [1.165, 1.54) is 29.5 Å². The number of halogens is 4. The maximum absolute atomic E-state index is 13.9. The molecule has 1 saturated heterocycles. The molecular formula is C26H25ClF3N5O2S. The molecule has 4 aromatic rings. The summed E-state index contributed by atoms with van der Waals surface area (Å²) >= 11 is 7.16. The summed E-state index contributed by atoms with van der Waals surface area (Å²) in [6, 6.07) is 9.06. The molecule has 7 nitrogen and oxygen atoms in total. The highest BCUT2D eigenvalue weighted by atomic mass is 35.5. The Morgan fingerprint density at radius 3 is 2.71 bits per heavy atom. The topological polar surface area (TPSA) is 77.5 Å². The summed E-state index contributed by atoms with van der Waals surface area (Å²) in [6.45, 7) is 4.56. The second-order valence-corrected chi connectivity index (χ2v) is 10.3. The molecular weight excluding hydrogens is 539 g/mol. The van der Waals surface area contributed by atoms with E-state index in [1.807, 2.05) is 6.07 Å². The number of rotatable bonds is 7. The van der Waals surface area contributed by atoms with Crippen molar-refractivity contribution in [3.63, 3.8) is 0 Å². The highest BCUT2D eigenvalue weighted by Gasteiger charge is 2.33. The summed E-state index contributed by atoms with van der Waals surface area (Å²) in [5, 5.41) is 19.2. The van der Waals surface area contributed by atoms with E-state index in [1.54, 1.807) is 25.4 Å². The lowest BCUT2D eigenvalue weighted by molar-refractivity contribution is -0.137. The Hall–Kier alpha value is -3.12. The normalized spacial score (nSPS) is 15.5. The zero-order chi connectivity index (χ0) is 26.9.